The minimum Gasteiger partial charge on any atom is -0.501 e. The number of carbonyl (C=O) groups excluding carboxylic acids is 1. The first-order chi connectivity index (χ1) is 17.7. The largest absolute Gasteiger partial charge is 0.501 e. The van der Waals surface area contributed by atoms with Gasteiger partial charge >= 0.3 is 5.97 Å². The summed E-state index contributed by atoms with van der Waals surface area (Å²) in [6.07, 6.45) is 0. The van der Waals surface area contributed by atoms with Gasteiger partial charge in [0, 0.05) is 0 Å². The van der Waals surface area contributed by atoms with E-state index in [2.05, 4.69) is 32.6 Å². The van der Waals surface area contributed by atoms with Gasteiger partial charge in [-0.1, -0.05) is 0 Å². The average molecular weight is 601 g/mol. The number of thioether (sulfide) groups is 1. The highest BCUT2D eigenvalue weighted by molar-refractivity contribution is 8.03. The highest BCUT2D eigenvalue weighted by atomic mass is 32.2. The number of esters is 1. The number of carbonyl (C=O) groups is 1. The minimum atomic E-state index is -4.50. The Morgan fingerprint density at radius 2 is 1.53 bits per heavy atom. The van der Waals surface area contributed by atoms with Gasteiger partial charge in [0.1, 0.15) is 11.1 Å². The van der Waals surface area contributed by atoms with Crippen molar-refractivity contribution in [1.82, 2.24) is 19.9 Å². The van der Waals surface area contributed by atoms with Gasteiger partial charge in [0.15, 0.2) is 10.8 Å². The molecule has 0 bridgehead atoms. The van der Waals surface area contributed by atoms with Gasteiger partial charge in [0.2, 0.25) is 5.76 Å². The molecule has 6 N–H and O–H groups in total. The molecule has 2 aromatic heterocycles. The van der Waals surface area contributed by atoms with Crippen LogP contribution in [0.4, 0.5) is 0 Å². The molecule has 0 aliphatic carbocycles. The van der Waals surface area contributed by atoms with Gasteiger partial charge < -0.3 is 24.9 Å². The van der Waals surface area contributed by atoms with Crippen LogP contribution in [-0.4, -0.2) is 74.3 Å². The fourth-order valence-electron chi connectivity index (χ4n) is 3.85. The van der Waals surface area contributed by atoms with E-state index in [0.29, 0.717) is 17.3 Å². The quantitative estimate of drug-likeness (QED) is 0.0911. The number of aromatic nitrogens is 4. The van der Waals surface area contributed by atoms with E-state index in [9.17, 15) is 40.9 Å². The van der Waals surface area contributed by atoms with Crippen LogP contribution in [-0.2, 0) is 29.8 Å². The fraction of sp³-hybridized carbons (Fsp3) is 0.150. The fourth-order valence-corrected chi connectivity index (χ4v) is 6.41. The summed E-state index contributed by atoms with van der Waals surface area (Å²) in [5.74, 6) is -1.95. The van der Waals surface area contributed by atoms with Crippen molar-refractivity contribution < 1.29 is 45.7 Å². The molecular formula is C20H16N4O10S4. The molecule has 2 aromatic carbocycles. The van der Waals surface area contributed by atoms with Crippen molar-refractivity contribution in [2.75, 3.05) is 6.61 Å². The topological polar surface area (TPSA) is 233 Å². The van der Waals surface area contributed by atoms with Crippen LogP contribution in [0.5, 0.6) is 0 Å². The molecule has 0 saturated heterocycles. The molecule has 5 rings (SSSR count). The third-order valence-corrected chi connectivity index (χ3v) is 9.19. The molecule has 0 saturated carbocycles. The van der Waals surface area contributed by atoms with Crippen molar-refractivity contribution in [3.05, 3.63) is 52.9 Å². The molecule has 18 heteroatoms. The Balaban J connectivity index is 1.54. The number of aliphatic hydroxyl groups excluding tert-OH is 2. The van der Waals surface area contributed by atoms with E-state index < -0.39 is 54.3 Å². The van der Waals surface area contributed by atoms with Crippen LogP contribution in [0, 0.1) is 0 Å². The summed E-state index contributed by atoms with van der Waals surface area (Å²) in [5, 5.41) is 19.7. The van der Waals surface area contributed by atoms with E-state index in [-0.39, 0.29) is 37.3 Å². The minimum absolute atomic E-state index is 0.0351. The smallest absolute Gasteiger partial charge is 0.375 e. The first kappa shape index (κ1) is 26.5. The van der Waals surface area contributed by atoms with E-state index in [1.54, 1.807) is 0 Å². The molecular weight excluding hydrogens is 585 g/mol. The van der Waals surface area contributed by atoms with Crippen molar-refractivity contribution in [2.45, 2.75) is 25.8 Å². The lowest BCUT2D eigenvalue weighted by molar-refractivity contribution is -0.151. The molecule has 3 heterocycles. The Morgan fingerprint density at radius 3 is 2.08 bits per heavy atom. The maximum Gasteiger partial charge on any atom is 0.375 e. The van der Waals surface area contributed by atoms with Crippen LogP contribution < -0.4 is 0 Å². The number of hydrogen-bond acceptors (Lipinski definition) is 12. The maximum absolute atomic E-state index is 12.4. The lowest BCUT2D eigenvalue weighted by atomic mass is 9.99. The van der Waals surface area contributed by atoms with Crippen molar-refractivity contribution in [1.29, 1.82) is 0 Å². The second-order valence-corrected chi connectivity index (χ2v) is 12.5. The number of H-pyrrole nitrogens is 2. The number of aromatic amines is 2. The number of rotatable bonds is 7. The molecule has 0 radical (unpaired) electrons. The Bertz CT molecular complexity index is 1880. The number of cyclic esters (lactones) is 1. The van der Waals surface area contributed by atoms with Crippen molar-refractivity contribution in [3.63, 3.8) is 0 Å². The van der Waals surface area contributed by atoms with E-state index in [1.807, 2.05) is 0 Å². The summed E-state index contributed by atoms with van der Waals surface area (Å²) in [6.45, 7) is -0.861. The molecule has 38 heavy (non-hydrogen) atoms. The summed E-state index contributed by atoms with van der Waals surface area (Å²) in [6, 6.07) is 7.20. The van der Waals surface area contributed by atoms with Crippen LogP contribution >= 0.6 is 24.4 Å². The number of ether oxygens (including phenoxy) is 1. The van der Waals surface area contributed by atoms with E-state index >= 15 is 0 Å². The predicted octanol–water partition coefficient (Wildman–Crippen LogP) is 1.75. The van der Waals surface area contributed by atoms with Gasteiger partial charge in [-0.15, -0.1) is 0 Å². The molecule has 0 fully saturated rings. The van der Waals surface area contributed by atoms with E-state index in [0.717, 1.165) is 24.3 Å². The number of nitrogens with zero attached hydrogens (tertiary/aromatic N) is 2. The number of imidazole rings is 2. The molecule has 0 spiro atoms. The van der Waals surface area contributed by atoms with Crippen molar-refractivity contribution in [3.8, 4) is 0 Å². The van der Waals surface area contributed by atoms with Crippen LogP contribution in [0.3, 0.4) is 0 Å². The highest BCUT2D eigenvalue weighted by Gasteiger charge is 2.54. The number of nitrogens with one attached hydrogen (secondary N) is 2. The summed E-state index contributed by atoms with van der Waals surface area (Å²) < 4.78 is 69.8. The number of fused-ring (bicyclic) bond motifs is 2. The zero-order valence-corrected chi connectivity index (χ0v) is 21.9. The SMILES string of the molecule is O=C1OC(CO)(C(S)c2nc3ccc(S(=O)(=O)O)cc3[nH]2)C(Sc2nc3ccc(S(=O)(=O)O)cc3[nH]2)=C1O. The van der Waals surface area contributed by atoms with Gasteiger partial charge in [-0.3, -0.25) is 9.11 Å². The van der Waals surface area contributed by atoms with Crippen LogP contribution in [0.25, 0.3) is 22.1 Å². The Labute approximate surface area is 223 Å². The second-order valence-electron chi connectivity index (χ2n) is 8.09. The standard InChI is InChI=1S/C20H16N4O10S4/c25-7-20(15(35)17-21-10-3-1-8(37(28,29)30)5-12(10)22-17)16(14(26)18(27)34-20)36-19-23-11-4-2-9(38(31,32)33)6-13(11)24-19/h1-6,15,25-26,35H,7H2,(H,21,22)(H,23,24)(H,28,29,30)(H,31,32,33). The van der Waals surface area contributed by atoms with Crippen LogP contribution in [0.2, 0.25) is 0 Å². The maximum atomic E-state index is 12.4. The normalized spacial score (nSPS) is 19.4. The van der Waals surface area contributed by atoms with Gasteiger partial charge in [-0.25, -0.2) is 14.8 Å². The Hall–Kier alpha value is -3.13. The lowest BCUT2D eigenvalue weighted by Gasteiger charge is -2.31. The van der Waals surface area contributed by atoms with Crippen LogP contribution in [0.15, 0.2) is 62.0 Å². The summed E-state index contributed by atoms with van der Waals surface area (Å²) in [5.41, 5.74) is -0.974. The number of benzene rings is 2. The zero-order valence-electron chi connectivity index (χ0n) is 18.6. The second kappa shape index (κ2) is 8.97. The van der Waals surface area contributed by atoms with E-state index in [4.69, 9.17) is 4.74 Å². The number of aliphatic hydroxyl groups is 2. The molecule has 200 valence electrons. The van der Waals surface area contributed by atoms with Gasteiger partial charge in [0.05, 0.1) is 43.4 Å². The van der Waals surface area contributed by atoms with Gasteiger partial charge in [0.25, 0.3) is 20.2 Å². The van der Waals surface area contributed by atoms with Crippen molar-refractivity contribution in [2.24, 2.45) is 0 Å². The van der Waals surface area contributed by atoms with Gasteiger partial charge in [-0.05, 0) is 48.2 Å². The predicted molar refractivity (Wildman–Crippen MR) is 135 cm³/mol. The zero-order chi connectivity index (χ0) is 27.6. The Morgan fingerprint density at radius 1 is 0.974 bits per heavy atom. The first-order valence-electron chi connectivity index (χ1n) is 10.3. The molecule has 1 aliphatic rings. The first-order valence-corrected chi connectivity index (χ1v) is 14.5. The summed E-state index contributed by atoms with van der Waals surface area (Å²) in [7, 11) is -8.97. The molecule has 1 aliphatic heterocycles. The summed E-state index contributed by atoms with van der Waals surface area (Å²) in [4.78, 5) is 25.6. The molecule has 2 atom stereocenters. The molecule has 2 unspecified atom stereocenters. The third-order valence-electron chi connectivity index (χ3n) is 5.70. The lowest BCUT2D eigenvalue weighted by Crippen LogP contribution is -2.40. The average Bonchev–Trinajstić information content (AvgIpc) is 3.52. The Kier molecular flexibility index (Phi) is 6.25. The monoisotopic (exact) mass is 600 g/mol. The van der Waals surface area contributed by atoms with E-state index in [1.165, 1.54) is 12.1 Å². The molecule has 14 nitrogen and oxygen atoms in total. The molecule has 0 amide bonds. The highest BCUT2D eigenvalue weighted by Crippen LogP contribution is 2.50. The number of hydrogen-bond donors (Lipinski definition) is 7. The molecule has 4 aromatic rings. The van der Waals surface area contributed by atoms with Crippen molar-refractivity contribution >= 4 is 72.7 Å². The third kappa shape index (κ3) is 4.42. The van der Waals surface area contributed by atoms with Crippen LogP contribution in [0.1, 0.15) is 11.1 Å². The summed E-state index contributed by atoms with van der Waals surface area (Å²) >= 11 is 5.21. The van der Waals surface area contributed by atoms with Gasteiger partial charge in [-0.2, -0.15) is 29.5 Å². The number of thiol groups is 1.